The third-order valence-corrected chi connectivity index (χ3v) is 3.84. The molecule has 4 heteroatoms. The maximum Gasteiger partial charge on any atom is 0.256 e. The summed E-state index contributed by atoms with van der Waals surface area (Å²) in [5.74, 6) is -0.665. The van der Waals surface area contributed by atoms with Gasteiger partial charge in [-0.1, -0.05) is 30.3 Å². The number of carbonyl (C=O) groups excluding carboxylic acids is 1. The molecular weight excluding hydrogens is 333 g/mol. The van der Waals surface area contributed by atoms with Crippen molar-refractivity contribution in [2.24, 2.45) is 0 Å². The van der Waals surface area contributed by atoms with E-state index in [1.165, 1.54) is 18.2 Å². The molecule has 0 unspecified atom stereocenters. The molecule has 0 spiro atoms. The summed E-state index contributed by atoms with van der Waals surface area (Å²) in [7, 11) is 0. The molecule has 3 aromatic carbocycles. The number of amides is 1. The van der Waals surface area contributed by atoms with Gasteiger partial charge in [0.2, 0.25) is 0 Å². The van der Waals surface area contributed by atoms with Crippen molar-refractivity contribution in [3.05, 3.63) is 76.5 Å². The Morgan fingerprint density at radius 3 is 2.48 bits per heavy atom. The Balaban J connectivity index is 1.89. The van der Waals surface area contributed by atoms with Crippen LogP contribution < -0.4 is 5.32 Å². The highest BCUT2D eigenvalue weighted by molar-refractivity contribution is 9.10. The van der Waals surface area contributed by atoms with E-state index in [1.54, 1.807) is 0 Å². The van der Waals surface area contributed by atoms with Crippen LogP contribution in [-0.2, 0) is 0 Å². The Morgan fingerprint density at radius 2 is 1.71 bits per heavy atom. The van der Waals surface area contributed by atoms with Gasteiger partial charge in [-0.25, -0.2) is 4.39 Å². The zero-order valence-corrected chi connectivity index (χ0v) is 12.5. The highest BCUT2D eigenvalue weighted by Crippen LogP contribution is 2.22. The van der Waals surface area contributed by atoms with Gasteiger partial charge >= 0.3 is 0 Å². The Kier molecular flexibility index (Phi) is 3.71. The average Bonchev–Trinajstić information content (AvgIpc) is 2.47. The molecule has 0 heterocycles. The van der Waals surface area contributed by atoms with Crippen molar-refractivity contribution in [2.75, 3.05) is 5.32 Å². The van der Waals surface area contributed by atoms with E-state index < -0.39 is 0 Å². The number of carbonyl (C=O) groups is 1. The van der Waals surface area contributed by atoms with Crippen LogP contribution in [0.1, 0.15) is 10.4 Å². The Hall–Kier alpha value is -2.20. The second kappa shape index (κ2) is 5.66. The van der Waals surface area contributed by atoms with Crippen molar-refractivity contribution in [1.29, 1.82) is 0 Å². The van der Waals surface area contributed by atoms with E-state index in [-0.39, 0.29) is 11.7 Å². The first-order valence-corrected chi connectivity index (χ1v) is 7.18. The quantitative estimate of drug-likeness (QED) is 0.697. The monoisotopic (exact) mass is 343 g/mol. The van der Waals surface area contributed by atoms with Gasteiger partial charge in [0.05, 0.1) is 5.56 Å². The van der Waals surface area contributed by atoms with Crippen molar-refractivity contribution in [3.8, 4) is 0 Å². The summed E-state index contributed by atoms with van der Waals surface area (Å²) in [5.41, 5.74) is 1.10. The second-order valence-electron chi connectivity index (χ2n) is 4.64. The zero-order valence-electron chi connectivity index (χ0n) is 10.9. The van der Waals surface area contributed by atoms with Crippen molar-refractivity contribution >= 4 is 38.3 Å². The summed E-state index contributed by atoms with van der Waals surface area (Å²) in [4.78, 5) is 12.2. The van der Waals surface area contributed by atoms with Crippen LogP contribution in [0.5, 0.6) is 0 Å². The molecular formula is C17H11BrFNO. The van der Waals surface area contributed by atoms with Crippen LogP contribution in [0.2, 0.25) is 0 Å². The minimum absolute atomic E-state index is 0.280. The molecule has 104 valence electrons. The molecule has 1 amide bonds. The first-order chi connectivity index (χ1) is 10.1. The van der Waals surface area contributed by atoms with Crippen molar-refractivity contribution in [1.82, 2.24) is 0 Å². The molecule has 0 fully saturated rings. The van der Waals surface area contributed by atoms with E-state index in [0.29, 0.717) is 15.7 Å². The number of anilines is 1. The molecule has 3 rings (SSSR count). The molecule has 21 heavy (non-hydrogen) atoms. The van der Waals surface area contributed by atoms with E-state index >= 15 is 0 Å². The molecule has 0 saturated heterocycles. The number of rotatable bonds is 2. The molecule has 0 saturated carbocycles. The normalized spacial score (nSPS) is 10.6. The van der Waals surface area contributed by atoms with Gasteiger partial charge in [0.25, 0.3) is 5.91 Å². The summed E-state index contributed by atoms with van der Waals surface area (Å²) < 4.78 is 13.5. The van der Waals surface area contributed by atoms with Crippen LogP contribution in [0.4, 0.5) is 10.1 Å². The second-order valence-corrected chi connectivity index (χ2v) is 5.49. The van der Waals surface area contributed by atoms with Crippen LogP contribution in [0.25, 0.3) is 10.8 Å². The predicted molar refractivity (Wildman–Crippen MR) is 86.0 cm³/mol. The van der Waals surface area contributed by atoms with Crippen LogP contribution in [0, 0.1) is 5.82 Å². The van der Waals surface area contributed by atoms with Gasteiger partial charge < -0.3 is 5.32 Å². The average molecular weight is 344 g/mol. The zero-order chi connectivity index (χ0) is 14.8. The fraction of sp³-hybridized carbons (Fsp3) is 0. The SMILES string of the molecule is O=C(Nc1ccc2ccccc2c1)c1ccc(F)cc1Br. The maximum absolute atomic E-state index is 13.1. The Labute approximate surface area is 129 Å². The summed E-state index contributed by atoms with van der Waals surface area (Å²) in [6, 6.07) is 17.6. The van der Waals surface area contributed by atoms with Gasteiger partial charge in [0.1, 0.15) is 5.82 Å². The van der Waals surface area contributed by atoms with E-state index in [1.807, 2.05) is 42.5 Å². The van der Waals surface area contributed by atoms with E-state index in [2.05, 4.69) is 21.2 Å². The molecule has 3 aromatic rings. The molecule has 1 N–H and O–H groups in total. The standard InChI is InChI=1S/C17H11BrFNO/c18-16-10-13(19)6-8-15(16)17(21)20-14-7-5-11-3-1-2-4-12(11)9-14/h1-10H,(H,20,21). The summed E-state index contributed by atoms with van der Waals surface area (Å²) >= 11 is 3.20. The molecule has 0 aliphatic heterocycles. The highest BCUT2D eigenvalue weighted by atomic mass is 79.9. The third kappa shape index (κ3) is 2.95. The Morgan fingerprint density at radius 1 is 0.952 bits per heavy atom. The molecule has 2 nitrogen and oxygen atoms in total. The topological polar surface area (TPSA) is 29.1 Å². The number of benzene rings is 3. The number of nitrogens with one attached hydrogen (secondary N) is 1. The number of hydrogen-bond acceptors (Lipinski definition) is 1. The lowest BCUT2D eigenvalue weighted by Crippen LogP contribution is -2.12. The lowest BCUT2D eigenvalue weighted by molar-refractivity contribution is 0.102. The molecule has 0 radical (unpaired) electrons. The van der Waals surface area contributed by atoms with Crippen LogP contribution in [0.3, 0.4) is 0 Å². The van der Waals surface area contributed by atoms with Gasteiger partial charge in [0, 0.05) is 10.2 Å². The lowest BCUT2D eigenvalue weighted by atomic mass is 10.1. The fourth-order valence-electron chi connectivity index (χ4n) is 2.14. The van der Waals surface area contributed by atoms with Gasteiger partial charge in [0.15, 0.2) is 0 Å². The van der Waals surface area contributed by atoms with Gasteiger partial charge in [-0.2, -0.15) is 0 Å². The molecule has 0 aliphatic rings. The first kappa shape index (κ1) is 13.8. The fourth-order valence-corrected chi connectivity index (χ4v) is 2.67. The number of hydrogen-bond donors (Lipinski definition) is 1. The van der Waals surface area contributed by atoms with Crippen LogP contribution in [-0.4, -0.2) is 5.91 Å². The highest BCUT2D eigenvalue weighted by Gasteiger charge is 2.11. The number of halogens is 2. The predicted octanol–water partition coefficient (Wildman–Crippen LogP) is 4.99. The molecule has 0 aliphatic carbocycles. The number of fused-ring (bicyclic) bond motifs is 1. The molecule has 0 atom stereocenters. The Bertz CT molecular complexity index is 832. The van der Waals surface area contributed by atoms with Crippen LogP contribution in [0.15, 0.2) is 65.1 Å². The first-order valence-electron chi connectivity index (χ1n) is 6.39. The summed E-state index contributed by atoms with van der Waals surface area (Å²) in [6.45, 7) is 0. The summed E-state index contributed by atoms with van der Waals surface area (Å²) in [6.07, 6.45) is 0. The third-order valence-electron chi connectivity index (χ3n) is 3.18. The van der Waals surface area contributed by atoms with Crippen molar-refractivity contribution in [3.63, 3.8) is 0 Å². The minimum Gasteiger partial charge on any atom is -0.322 e. The minimum atomic E-state index is -0.385. The van der Waals surface area contributed by atoms with Crippen LogP contribution >= 0.6 is 15.9 Å². The van der Waals surface area contributed by atoms with Gasteiger partial charge in [-0.3, -0.25) is 4.79 Å². The molecule has 0 aromatic heterocycles. The van der Waals surface area contributed by atoms with E-state index in [0.717, 1.165) is 10.8 Å². The maximum atomic E-state index is 13.1. The van der Waals surface area contributed by atoms with Gasteiger partial charge in [-0.15, -0.1) is 0 Å². The smallest absolute Gasteiger partial charge is 0.256 e. The summed E-state index contributed by atoms with van der Waals surface area (Å²) in [5, 5.41) is 4.98. The lowest BCUT2D eigenvalue weighted by Gasteiger charge is -2.08. The van der Waals surface area contributed by atoms with E-state index in [9.17, 15) is 9.18 Å². The largest absolute Gasteiger partial charge is 0.322 e. The molecule has 0 bridgehead atoms. The van der Waals surface area contributed by atoms with Crippen molar-refractivity contribution < 1.29 is 9.18 Å². The van der Waals surface area contributed by atoms with Gasteiger partial charge in [-0.05, 0) is 57.0 Å². The van der Waals surface area contributed by atoms with Crippen molar-refractivity contribution in [2.45, 2.75) is 0 Å². The van der Waals surface area contributed by atoms with E-state index in [4.69, 9.17) is 0 Å².